The molecule has 1 aliphatic heterocycles. The van der Waals surface area contributed by atoms with Crippen LogP contribution < -0.4 is 16.0 Å². The van der Waals surface area contributed by atoms with E-state index in [1.54, 1.807) is 0 Å². The number of cyclic esters (lactones) is 1. The SMILES string of the molecule is O=C(C[C@H]1CC=CCCCC(=O)OC[C@H](CCCCNC(=O)OCc2ccccc2)NC1=O)N[C@H](CO)Cc1ccccc1. The van der Waals surface area contributed by atoms with E-state index >= 15 is 0 Å². The molecule has 10 nitrogen and oxygen atoms in total. The molecule has 0 saturated heterocycles. The van der Waals surface area contributed by atoms with Crippen molar-refractivity contribution in [2.45, 2.75) is 76.5 Å². The first kappa shape index (κ1) is 34.3. The first-order valence-corrected chi connectivity index (χ1v) is 15.4. The molecule has 10 heteroatoms. The van der Waals surface area contributed by atoms with E-state index in [1.807, 2.05) is 72.8 Å². The molecule has 1 heterocycles. The number of ether oxygens (including phenoxy) is 2. The van der Waals surface area contributed by atoms with E-state index in [0.717, 1.165) is 11.1 Å². The molecule has 0 aromatic heterocycles. The minimum atomic E-state index is -0.623. The number of alkyl carbamates (subject to hydrolysis) is 1. The Balaban J connectivity index is 1.50. The van der Waals surface area contributed by atoms with E-state index < -0.39 is 24.1 Å². The second kappa shape index (κ2) is 19.9. The molecule has 2 aromatic carbocycles. The second-order valence-corrected chi connectivity index (χ2v) is 11.0. The van der Waals surface area contributed by atoms with Gasteiger partial charge in [-0.1, -0.05) is 72.8 Å². The maximum absolute atomic E-state index is 13.4. The molecule has 4 N–H and O–H groups in total. The van der Waals surface area contributed by atoms with Crippen LogP contribution in [0.1, 0.15) is 62.5 Å². The standard InChI is InChI=1S/C34H45N3O7/c38-23-30(21-26-13-5-3-6-14-26)36-31(39)22-28-17-9-1-2-10-19-32(40)43-25-29(37-33(28)41)18-11-12-20-35-34(42)44-24-27-15-7-4-8-16-27/h1,3-9,13-16,28-30,38H,2,10-12,17-25H2,(H,35,42)(H,36,39)(H,37,41)/t28-,29+,30+/m1/s1. The number of rotatable bonds is 13. The summed E-state index contributed by atoms with van der Waals surface area (Å²) in [5.74, 6) is -1.55. The molecule has 0 fully saturated rings. The zero-order valence-electron chi connectivity index (χ0n) is 25.2. The Bertz CT molecular complexity index is 1190. The number of hydrogen-bond acceptors (Lipinski definition) is 7. The van der Waals surface area contributed by atoms with Crippen LogP contribution >= 0.6 is 0 Å². The van der Waals surface area contributed by atoms with Crippen molar-refractivity contribution in [1.29, 1.82) is 0 Å². The third-order valence-corrected chi connectivity index (χ3v) is 7.31. The molecule has 0 saturated carbocycles. The van der Waals surface area contributed by atoms with Crippen molar-refractivity contribution in [3.8, 4) is 0 Å². The number of aliphatic hydroxyl groups excluding tert-OH is 1. The van der Waals surface area contributed by atoms with Crippen LogP contribution in [-0.4, -0.2) is 60.8 Å². The van der Waals surface area contributed by atoms with Crippen molar-refractivity contribution in [2.75, 3.05) is 19.8 Å². The van der Waals surface area contributed by atoms with Crippen LogP contribution in [0.2, 0.25) is 0 Å². The van der Waals surface area contributed by atoms with Crippen LogP contribution in [0.5, 0.6) is 0 Å². The minimum absolute atomic E-state index is 0.0348. The Kier molecular flexibility index (Phi) is 15.5. The molecular weight excluding hydrogens is 562 g/mol. The largest absolute Gasteiger partial charge is 0.463 e. The van der Waals surface area contributed by atoms with Crippen LogP contribution in [0.25, 0.3) is 0 Å². The fourth-order valence-electron chi connectivity index (χ4n) is 4.86. The Morgan fingerprint density at radius 2 is 1.73 bits per heavy atom. The van der Waals surface area contributed by atoms with Gasteiger partial charge in [0, 0.05) is 19.4 Å². The number of hydrogen-bond donors (Lipinski definition) is 4. The van der Waals surface area contributed by atoms with Crippen molar-refractivity contribution in [3.05, 3.63) is 83.9 Å². The van der Waals surface area contributed by atoms with Gasteiger partial charge in [-0.25, -0.2) is 4.79 Å². The molecule has 0 aliphatic carbocycles. The topological polar surface area (TPSA) is 143 Å². The molecule has 0 spiro atoms. The van der Waals surface area contributed by atoms with Gasteiger partial charge in [0.2, 0.25) is 11.8 Å². The predicted octanol–water partition coefficient (Wildman–Crippen LogP) is 3.97. The van der Waals surface area contributed by atoms with Crippen LogP contribution in [0.15, 0.2) is 72.8 Å². The summed E-state index contributed by atoms with van der Waals surface area (Å²) in [5.41, 5.74) is 1.89. The van der Waals surface area contributed by atoms with Crippen LogP contribution in [0.4, 0.5) is 4.79 Å². The van der Waals surface area contributed by atoms with Crippen LogP contribution in [0.3, 0.4) is 0 Å². The zero-order valence-corrected chi connectivity index (χ0v) is 25.2. The Morgan fingerprint density at radius 3 is 2.45 bits per heavy atom. The van der Waals surface area contributed by atoms with Gasteiger partial charge in [-0.2, -0.15) is 0 Å². The highest BCUT2D eigenvalue weighted by Crippen LogP contribution is 2.15. The van der Waals surface area contributed by atoms with E-state index in [9.17, 15) is 24.3 Å². The number of carbonyl (C=O) groups is 4. The van der Waals surface area contributed by atoms with Crippen molar-refractivity contribution >= 4 is 23.9 Å². The first-order valence-electron chi connectivity index (χ1n) is 15.4. The average molecular weight is 608 g/mol. The third-order valence-electron chi connectivity index (χ3n) is 7.31. The quantitative estimate of drug-likeness (QED) is 0.153. The molecule has 238 valence electrons. The Morgan fingerprint density at radius 1 is 1.00 bits per heavy atom. The summed E-state index contributed by atoms with van der Waals surface area (Å²) in [6.45, 7) is 0.405. The van der Waals surface area contributed by atoms with Gasteiger partial charge in [-0.15, -0.1) is 0 Å². The summed E-state index contributed by atoms with van der Waals surface area (Å²) >= 11 is 0. The summed E-state index contributed by atoms with van der Waals surface area (Å²) in [6.07, 6.45) is 7.53. The highest BCUT2D eigenvalue weighted by Gasteiger charge is 2.25. The normalized spacial score (nSPS) is 18.4. The van der Waals surface area contributed by atoms with Crippen LogP contribution in [0, 0.1) is 5.92 Å². The van der Waals surface area contributed by atoms with E-state index in [4.69, 9.17) is 9.47 Å². The highest BCUT2D eigenvalue weighted by atomic mass is 16.5. The van der Waals surface area contributed by atoms with Gasteiger partial charge < -0.3 is 30.5 Å². The third kappa shape index (κ3) is 13.9. The lowest BCUT2D eigenvalue weighted by atomic mass is 9.97. The highest BCUT2D eigenvalue weighted by molar-refractivity contribution is 5.86. The van der Waals surface area contributed by atoms with Gasteiger partial charge in [-0.3, -0.25) is 14.4 Å². The lowest BCUT2D eigenvalue weighted by Crippen LogP contribution is -2.44. The number of esters is 1. The Hall–Kier alpha value is -4.18. The minimum Gasteiger partial charge on any atom is -0.463 e. The lowest BCUT2D eigenvalue weighted by Gasteiger charge is -2.23. The van der Waals surface area contributed by atoms with Gasteiger partial charge in [0.25, 0.3) is 0 Å². The summed E-state index contributed by atoms with van der Waals surface area (Å²) in [7, 11) is 0. The first-order chi connectivity index (χ1) is 21.4. The summed E-state index contributed by atoms with van der Waals surface area (Å²) in [6, 6.07) is 18.1. The van der Waals surface area contributed by atoms with Crippen molar-refractivity contribution in [3.63, 3.8) is 0 Å². The number of aliphatic hydroxyl groups is 1. The smallest absolute Gasteiger partial charge is 0.407 e. The lowest BCUT2D eigenvalue weighted by molar-refractivity contribution is -0.145. The molecular formula is C34H45N3O7. The predicted molar refractivity (Wildman–Crippen MR) is 166 cm³/mol. The molecule has 3 rings (SSSR count). The fourth-order valence-corrected chi connectivity index (χ4v) is 4.86. The molecule has 3 amide bonds. The van der Waals surface area contributed by atoms with E-state index in [-0.39, 0.29) is 50.4 Å². The molecule has 0 unspecified atom stereocenters. The Labute approximate surface area is 259 Å². The number of unbranched alkanes of at least 4 members (excludes halogenated alkanes) is 1. The van der Waals surface area contributed by atoms with Crippen molar-refractivity contribution in [1.82, 2.24) is 16.0 Å². The summed E-state index contributed by atoms with van der Waals surface area (Å²) < 4.78 is 10.7. The van der Waals surface area contributed by atoms with Gasteiger partial charge >= 0.3 is 12.1 Å². The maximum Gasteiger partial charge on any atom is 0.407 e. The summed E-state index contributed by atoms with van der Waals surface area (Å²) in [4.78, 5) is 50.5. The van der Waals surface area contributed by atoms with Gasteiger partial charge in [-0.05, 0) is 56.1 Å². The van der Waals surface area contributed by atoms with Gasteiger partial charge in [0.05, 0.1) is 24.6 Å². The van der Waals surface area contributed by atoms with Crippen molar-refractivity contribution in [2.24, 2.45) is 5.92 Å². The van der Waals surface area contributed by atoms with E-state index in [1.165, 1.54) is 0 Å². The van der Waals surface area contributed by atoms with E-state index in [0.29, 0.717) is 51.5 Å². The maximum atomic E-state index is 13.4. The summed E-state index contributed by atoms with van der Waals surface area (Å²) in [5, 5.41) is 18.4. The number of benzene rings is 2. The van der Waals surface area contributed by atoms with E-state index in [2.05, 4.69) is 16.0 Å². The van der Waals surface area contributed by atoms with Crippen LogP contribution in [-0.2, 0) is 36.9 Å². The number of amides is 3. The monoisotopic (exact) mass is 607 g/mol. The number of carbonyl (C=O) groups excluding carboxylic acids is 4. The van der Waals surface area contributed by atoms with Gasteiger partial charge in [0.1, 0.15) is 13.2 Å². The number of nitrogens with one attached hydrogen (secondary N) is 3. The molecule has 0 bridgehead atoms. The molecule has 3 atom stereocenters. The number of allylic oxidation sites excluding steroid dienone is 2. The van der Waals surface area contributed by atoms with Crippen molar-refractivity contribution < 1.29 is 33.8 Å². The molecule has 1 aliphatic rings. The molecule has 2 aromatic rings. The fraction of sp³-hybridized carbons (Fsp3) is 0.471. The zero-order chi connectivity index (χ0) is 31.4. The second-order valence-electron chi connectivity index (χ2n) is 11.0. The molecule has 0 radical (unpaired) electrons. The average Bonchev–Trinajstić information content (AvgIpc) is 3.04. The van der Waals surface area contributed by atoms with Gasteiger partial charge in [0.15, 0.2) is 0 Å². The molecule has 44 heavy (non-hydrogen) atoms.